The van der Waals surface area contributed by atoms with Crippen LogP contribution >= 0.6 is 11.8 Å². The summed E-state index contributed by atoms with van der Waals surface area (Å²) in [5, 5.41) is 7.47. The maximum Gasteiger partial charge on any atom is 0.305 e. The monoisotopic (exact) mass is 820 g/mol. The highest BCUT2D eigenvalue weighted by atomic mass is 32.2. The molecule has 2 saturated heterocycles. The molecule has 0 aromatic carbocycles. The number of likely N-dealkylation sites (tertiary alicyclic amines) is 1. The smallest absolute Gasteiger partial charge is 0.305 e. The number of nitrogens with one attached hydrogen (secondary N) is 3. The number of thioether (sulfide) groups is 1. The van der Waals surface area contributed by atoms with E-state index in [0.717, 1.165) is 11.3 Å². The van der Waals surface area contributed by atoms with Crippen molar-refractivity contribution in [3.05, 3.63) is 0 Å². The lowest BCUT2D eigenvalue weighted by Gasteiger charge is -2.30. The number of nitrogens with zero attached hydrogens (tertiary/aromatic N) is 1. The number of nitrogens with two attached hydrogens (primary N) is 1. The van der Waals surface area contributed by atoms with Crippen LogP contribution in [0.25, 0.3) is 0 Å². The van der Waals surface area contributed by atoms with Crippen LogP contribution in [0.15, 0.2) is 0 Å². The zero-order valence-corrected chi connectivity index (χ0v) is 36.9. The van der Waals surface area contributed by atoms with Crippen LogP contribution in [0.5, 0.6) is 0 Å². The van der Waals surface area contributed by atoms with Gasteiger partial charge in [0.2, 0.25) is 30.0 Å². The average Bonchev–Trinajstić information content (AvgIpc) is 3.59. The quantitative estimate of drug-likeness (QED) is 0.0384. The van der Waals surface area contributed by atoms with Crippen molar-refractivity contribution in [2.45, 2.75) is 161 Å². The summed E-state index contributed by atoms with van der Waals surface area (Å²) in [6.07, 6.45) is 2.57. The van der Waals surface area contributed by atoms with Crippen molar-refractivity contribution in [3.8, 4) is 0 Å². The third kappa shape index (κ3) is 24.1. The van der Waals surface area contributed by atoms with Gasteiger partial charge in [-0.1, -0.05) is 6.92 Å². The van der Waals surface area contributed by atoms with E-state index < -0.39 is 28.6 Å². The fourth-order valence-electron chi connectivity index (χ4n) is 5.31. The van der Waals surface area contributed by atoms with Gasteiger partial charge in [-0.15, -0.1) is 11.8 Å². The first kappa shape index (κ1) is 53.2. The molecule has 0 saturated carbocycles. The first-order chi connectivity index (χ1) is 26.0. The van der Waals surface area contributed by atoms with E-state index in [0.29, 0.717) is 51.2 Å². The highest BCUT2D eigenvalue weighted by molar-refractivity contribution is 8.00. The molecule has 16 nitrogen and oxygen atoms in total. The summed E-state index contributed by atoms with van der Waals surface area (Å²) in [4.78, 5) is 72.9. The number of carbonyl (C=O) groups is 6. The van der Waals surface area contributed by atoms with Crippen LogP contribution < -0.4 is 21.7 Å². The minimum atomic E-state index is -0.734. The van der Waals surface area contributed by atoms with Gasteiger partial charge in [0.25, 0.3) is 0 Å². The average molecular weight is 820 g/mol. The Hall–Kier alpha value is -2.83. The fourth-order valence-corrected chi connectivity index (χ4v) is 6.34. The predicted molar refractivity (Wildman–Crippen MR) is 217 cm³/mol. The number of esters is 1. The van der Waals surface area contributed by atoms with Crippen molar-refractivity contribution in [2.75, 3.05) is 52.8 Å². The van der Waals surface area contributed by atoms with Crippen LogP contribution in [-0.2, 0) is 52.5 Å². The Morgan fingerprint density at radius 1 is 1.05 bits per heavy atom. The molecular formula is C39H73N5O11S. The Bertz CT molecular complexity index is 1230. The second-order valence-corrected chi connectivity index (χ2v) is 17.6. The summed E-state index contributed by atoms with van der Waals surface area (Å²) < 4.78 is 29.0. The number of hydrogen-bond acceptors (Lipinski definition) is 13. The van der Waals surface area contributed by atoms with Crippen LogP contribution in [0.1, 0.15) is 121 Å². The fraction of sp³-hybridized carbons (Fsp3) is 0.846. The molecule has 2 heterocycles. The molecule has 326 valence electrons. The largest absolute Gasteiger partial charge is 0.460 e. The van der Waals surface area contributed by atoms with Gasteiger partial charge in [-0.2, -0.15) is 0 Å². The first-order valence-electron chi connectivity index (χ1n) is 19.5. The lowest BCUT2D eigenvalue weighted by Crippen LogP contribution is -2.46. The SMILES string of the molecule is CCC(C)(C)OCCC(C)(C)NC(=O)CCN1C(=O)CC(SCCNC(=O)CCCC(=O)OCC(OC2COC(C)(C)C2)OC(C)(C)C)C1=O.CN.CNC=O. The number of ether oxygens (including phenoxy) is 5. The molecule has 0 aromatic heterocycles. The van der Waals surface area contributed by atoms with Crippen LogP contribution in [0.3, 0.4) is 0 Å². The van der Waals surface area contributed by atoms with Gasteiger partial charge in [-0.05, 0) is 88.6 Å². The van der Waals surface area contributed by atoms with Crippen molar-refractivity contribution in [2.24, 2.45) is 5.73 Å². The van der Waals surface area contributed by atoms with Gasteiger partial charge in [0.1, 0.15) is 6.61 Å². The van der Waals surface area contributed by atoms with E-state index in [4.69, 9.17) is 28.5 Å². The van der Waals surface area contributed by atoms with E-state index in [2.05, 4.69) is 28.6 Å². The second kappa shape index (κ2) is 26.2. The maximum atomic E-state index is 12.9. The lowest BCUT2D eigenvalue weighted by atomic mass is 10.0. The normalized spacial score (nSPS) is 18.6. The molecular weight excluding hydrogens is 747 g/mol. The van der Waals surface area contributed by atoms with Crippen LogP contribution in [-0.4, -0.2) is 134 Å². The number of imide groups is 1. The molecule has 2 aliphatic rings. The molecule has 2 fully saturated rings. The van der Waals surface area contributed by atoms with Crippen molar-refractivity contribution < 1.29 is 52.5 Å². The number of amides is 5. The van der Waals surface area contributed by atoms with Gasteiger partial charge < -0.3 is 45.4 Å². The predicted octanol–water partition coefficient (Wildman–Crippen LogP) is 3.22. The zero-order valence-electron chi connectivity index (χ0n) is 36.1. The number of carbonyl (C=O) groups excluding carboxylic acids is 6. The highest BCUT2D eigenvalue weighted by Gasteiger charge is 2.39. The van der Waals surface area contributed by atoms with E-state index >= 15 is 0 Å². The molecule has 3 unspecified atom stereocenters. The van der Waals surface area contributed by atoms with E-state index in [1.165, 1.54) is 18.8 Å². The Morgan fingerprint density at radius 3 is 2.25 bits per heavy atom. The van der Waals surface area contributed by atoms with Crippen molar-refractivity contribution in [1.82, 2.24) is 20.9 Å². The molecule has 0 aliphatic carbocycles. The molecule has 0 bridgehead atoms. The third-order valence-corrected chi connectivity index (χ3v) is 9.76. The molecule has 2 aliphatic heterocycles. The van der Waals surface area contributed by atoms with Gasteiger partial charge in [0.15, 0.2) is 6.29 Å². The molecule has 0 aromatic rings. The highest BCUT2D eigenvalue weighted by Crippen LogP contribution is 2.28. The summed E-state index contributed by atoms with van der Waals surface area (Å²) in [5.41, 5.74) is 3.01. The summed E-state index contributed by atoms with van der Waals surface area (Å²) in [7, 11) is 3.06. The second-order valence-electron chi connectivity index (χ2n) is 16.3. The Kier molecular flexibility index (Phi) is 24.9. The van der Waals surface area contributed by atoms with Gasteiger partial charge >= 0.3 is 5.97 Å². The molecule has 5 amide bonds. The molecule has 5 N–H and O–H groups in total. The van der Waals surface area contributed by atoms with Gasteiger partial charge in [0.05, 0.1) is 34.8 Å². The van der Waals surface area contributed by atoms with E-state index in [1.54, 1.807) is 7.05 Å². The molecule has 0 spiro atoms. The summed E-state index contributed by atoms with van der Waals surface area (Å²) in [6.45, 7) is 20.9. The third-order valence-electron chi connectivity index (χ3n) is 8.55. The van der Waals surface area contributed by atoms with Gasteiger partial charge in [0, 0.05) is 70.1 Å². The molecule has 2 rings (SSSR count). The molecule has 17 heteroatoms. The van der Waals surface area contributed by atoms with Crippen LogP contribution in [0, 0.1) is 0 Å². The molecule has 56 heavy (non-hydrogen) atoms. The minimum absolute atomic E-state index is 0.0244. The standard InChI is InChI=1S/C36H63N3O10S.C2H5NO.CH5N/c1-11-35(7,8)46-19-16-34(5,6)38-28(41)15-18-39-29(42)21-26(32(39)44)50-20-17-37-27(40)13-12-14-30(43)45-24-31(49-33(2,3)4)48-25-22-36(9,10)47-23-25;1-3-2-4;1-2/h25-26,31H,11-24H2,1-10H3,(H,37,40)(H,38,41);2H,1H3,(H,3,4);2H2,1H3. The van der Waals surface area contributed by atoms with Crippen LogP contribution in [0.2, 0.25) is 0 Å². The first-order valence-corrected chi connectivity index (χ1v) is 20.6. The minimum Gasteiger partial charge on any atom is -0.460 e. The lowest BCUT2D eigenvalue weighted by molar-refractivity contribution is -0.233. The van der Waals surface area contributed by atoms with Crippen LogP contribution in [0.4, 0.5) is 0 Å². The molecule has 0 radical (unpaired) electrons. The summed E-state index contributed by atoms with van der Waals surface area (Å²) in [6, 6.07) is 0. The summed E-state index contributed by atoms with van der Waals surface area (Å²) >= 11 is 1.30. The van der Waals surface area contributed by atoms with E-state index in [9.17, 15) is 24.0 Å². The van der Waals surface area contributed by atoms with Crippen molar-refractivity contribution >= 4 is 47.8 Å². The van der Waals surface area contributed by atoms with Gasteiger partial charge in [-0.3, -0.25) is 33.7 Å². The molecule has 3 atom stereocenters. The van der Waals surface area contributed by atoms with Crippen molar-refractivity contribution in [1.29, 1.82) is 0 Å². The Morgan fingerprint density at radius 2 is 1.70 bits per heavy atom. The maximum absolute atomic E-state index is 12.9. The summed E-state index contributed by atoms with van der Waals surface area (Å²) in [5.74, 6) is -1.07. The number of rotatable bonds is 23. The zero-order chi connectivity index (χ0) is 43.2. The van der Waals surface area contributed by atoms with E-state index in [-0.39, 0.29) is 79.8 Å². The topological polar surface area (TPSA) is 214 Å². The Labute approximate surface area is 339 Å². The number of hydrogen-bond donors (Lipinski definition) is 4. The Balaban J connectivity index is 0.00000472. The van der Waals surface area contributed by atoms with E-state index in [1.807, 2.05) is 62.3 Å². The van der Waals surface area contributed by atoms with Gasteiger partial charge in [-0.25, -0.2) is 0 Å². The van der Waals surface area contributed by atoms with Crippen molar-refractivity contribution in [3.63, 3.8) is 0 Å².